The Morgan fingerprint density at radius 2 is 2.00 bits per heavy atom. The monoisotopic (exact) mass is 593 g/mol. The Labute approximate surface area is 240 Å². The minimum absolute atomic E-state index is 0.0389. The van der Waals surface area contributed by atoms with Gasteiger partial charge in [0.05, 0.1) is 28.9 Å². The molecule has 5 rings (SSSR count). The van der Waals surface area contributed by atoms with Gasteiger partial charge in [0.2, 0.25) is 5.91 Å². The third-order valence-electron chi connectivity index (χ3n) is 8.22. The highest BCUT2D eigenvalue weighted by atomic mass is 35.5. The lowest BCUT2D eigenvalue weighted by Crippen LogP contribution is -2.57. The summed E-state index contributed by atoms with van der Waals surface area (Å²) in [5.74, 6) is -0.639. The fourth-order valence-corrected chi connectivity index (χ4v) is 6.34. The van der Waals surface area contributed by atoms with Crippen LogP contribution < -0.4 is 15.4 Å². The third kappa shape index (κ3) is 4.76. The molecule has 9 nitrogen and oxygen atoms in total. The first kappa shape index (κ1) is 29.0. The number of amides is 2. The van der Waals surface area contributed by atoms with Gasteiger partial charge in [-0.25, -0.2) is 4.98 Å². The van der Waals surface area contributed by atoms with E-state index < -0.39 is 34.8 Å². The molecule has 0 aliphatic carbocycles. The number of anilines is 2. The molecule has 2 atom stereocenters. The van der Waals surface area contributed by atoms with Crippen molar-refractivity contribution in [2.75, 3.05) is 50.5 Å². The average molecular weight is 594 g/mol. The van der Waals surface area contributed by atoms with Crippen LogP contribution in [-0.2, 0) is 15.7 Å². The predicted molar refractivity (Wildman–Crippen MR) is 148 cm³/mol. The number of hydrogen-bond donors (Lipinski definition) is 1. The number of nitrogens with zero attached hydrogens (tertiary/aromatic N) is 4. The molecule has 1 aromatic carbocycles. The highest BCUT2D eigenvalue weighted by molar-refractivity contribution is 6.35. The lowest BCUT2D eigenvalue weighted by Gasteiger charge is -2.40. The van der Waals surface area contributed by atoms with Gasteiger partial charge in [0.1, 0.15) is 23.0 Å². The van der Waals surface area contributed by atoms with Crippen molar-refractivity contribution in [1.29, 1.82) is 0 Å². The summed E-state index contributed by atoms with van der Waals surface area (Å²) >= 11 is 6.80. The number of halogens is 4. The number of piperazine rings is 1. The van der Waals surface area contributed by atoms with E-state index in [1.54, 1.807) is 16.9 Å². The fourth-order valence-electron chi connectivity index (χ4n) is 6.05. The van der Waals surface area contributed by atoms with Crippen LogP contribution in [0.5, 0.6) is 5.75 Å². The van der Waals surface area contributed by atoms with Crippen molar-refractivity contribution in [1.82, 2.24) is 14.8 Å². The summed E-state index contributed by atoms with van der Waals surface area (Å²) < 4.78 is 54.4. The second kappa shape index (κ2) is 10.4. The summed E-state index contributed by atoms with van der Waals surface area (Å²) in [5.41, 5.74) is 3.67. The molecule has 220 valence electrons. The molecule has 3 aliphatic heterocycles. The van der Waals surface area contributed by atoms with Crippen molar-refractivity contribution < 1.29 is 32.2 Å². The fraction of sp³-hybridized carbons (Fsp3) is 0.464. The van der Waals surface area contributed by atoms with Crippen LogP contribution in [0, 0.1) is 0 Å². The average Bonchev–Trinajstić information content (AvgIpc) is 3.15. The summed E-state index contributed by atoms with van der Waals surface area (Å²) in [6.45, 7) is 8.45. The summed E-state index contributed by atoms with van der Waals surface area (Å²) in [4.78, 5) is 36.2. The molecule has 2 aromatic rings. The Morgan fingerprint density at radius 1 is 1.27 bits per heavy atom. The van der Waals surface area contributed by atoms with Gasteiger partial charge in [0.15, 0.2) is 5.75 Å². The molecule has 1 aromatic heterocycles. The van der Waals surface area contributed by atoms with Crippen LogP contribution in [0.25, 0.3) is 11.3 Å². The third-order valence-corrected chi connectivity index (χ3v) is 8.57. The maximum atomic E-state index is 14.2. The Kier molecular flexibility index (Phi) is 7.35. The highest BCUT2D eigenvalue weighted by Crippen LogP contribution is 2.49. The molecule has 0 spiro atoms. The SMILES string of the molecule is C=CC(=O)N1CCN2C(=O)c3c(N4CCC(OC)C4(C)C)nc(-c4c(N)cccc4C(F)(F)F)c(Cl)c3OC[C@H]2C1. The zero-order valence-corrected chi connectivity index (χ0v) is 23.7. The molecule has 2 saturated heterocycles. The van der Waals surface area contributed by atoms with Crippen LogP contribution in [-0.4, -0.2) is 84.2 Å². The Morgan fingerprint density at radius 3 is 2.63 bits per heavy atom. The summed E-state index contributed by atoms with van der Waals surface area (Å²) in [5, 5.41) is -0.250. The quantitative estimate of drug-likeness (QED) is 0.418. The predicted octanol–water partition coefficient (Wildman–Crippen LogP) is 4.24. The largest absolute Gasteiger partial charge is 0.489 e. The number of nitrogens with two attached hydrogens (primary N) is 1. The molecule has 4 heterocycles. The normalized spacial score (nSPS) is 22.1. The number of rotatable bonds is 4. The molecular weight excluding hydrogens is 563 g/mol. The number of pyridine rings is 1. The molecule has 13 heteroatoms. The molecule has 2 amide bonds. The van der Waals surface area contributed by atoms with E-state index in [0.29, 0.717) is 13.0 Å². The molecule has 1 unspecified atom stereocenters. The minimum Gasteiger partial charge on any atom is -0.489 e. The molecule has 3 aliphatic rings. The lowest BCUT2D eigenvalue weighted by molar-refractivity contribution is -0.137. The number of carbonyl (C=O) groups is 2. The van der Waals surface area contributed by atoms with Crippen molar-refractivity contribution in [2.24, 2.45) is 0 Å². The Hall–Kier alpha value is -3.51. The molecule has 2 fully saturated rings. The second-order valence-electron chi connectivity index (χ2n) is 10.8. The number of fused-ring (bicyclic) bond motifs is 2. The van der Waals surface area contributed by atoms with Gasteiger partial charge < -0.3 is 29.9 Å². The smallest absolute Gasteiger partial charge is 0.417 e. The lowest BCUT2D eigenvalue weighted by atomic mass is 9.97. The number of hydrogen-bond acceptors (Lipinski definition) is 7. The zero-order valence-electron chi connectivity index (χ0n) is 22.9. The van der Waals surface area contributed by atoms with Crippen molar-refractivity contribution in [2.45, 2.75) is 44.1 Å². The van der Waals surface area contributed by atoms with Crippen LogP contribution in [0.15, 0.2) is 30.9 Å². The van der Waals surface area contributed by atoms with Crippen LogP contribution in [0.4, 0.5) is 24.7 Å². The van der Waals surface area contributed by atoms with Gasteiger partial charge in [0.25, 0.3) is 5.91 Å². The first-order valence-corrected chi connectivity index (χ1v) is 13.5. The molecular formula is C28H31ClF3N5O4. The molecule has 0 radical (unpaired) electrons. The molecule has 0 bridgehead atoms. The molecule has 0 saturated carbocycles. The van der Waals surface area contributed by atoms with E-state index in [4.69, 9.17) is 26.8 Å². The van der Waals surface area contributed by atoms with Gasteiger partial charge in [-0.15, -0.1) is 0 Å². The van der Waals surface area contributed by atoms with E-state index in [0.717, 1.165) is 6.07 Å². The summed E-state index contributed by atoms with van der Waals surface area (Å²) in [7, 11) is 1.58. The zero-order chi connectivity index (χ0) is 29.9. The standard InChI is InChI=1S/C28H31ClF3N5O4/c1-5-19(38)35-11-12-36-15(13-35)14-41-24-21(26(36)39)25(37-10-9-18(40-4)27(37,2)3)34-23(22(24)29)20-16(28(30,31)32)7-6-8-17(20)33/h5-8,15,18H,1,9-14,33H2,2-4H3/t15-,18?/m1/s1. The topological polar surface area (TPSA) is 101 Å². The van der Waals surface area contributed by atoms with Crippen molar-refractivity contribution in [3.63, 3.8) is 0 Å². The van der Waals surface area contributed by atoms with E-state index in [-0.39, 0.29) is 71.8 Å². The Bertz CT molecular complexity index is 1420. The second-order valence-corrected chi connectivity index (χ2v) is 11.2. The number of methoxy groups -OCH3 is 1. The van der Waals surface area contributed by atoms with Crippen LogP contribution in [0.2, 0.25) is 5.02 Å². The summed E-state index contributed by atoms with van der Waals surface area (Å²) in [6, 6.07) is 2.94. The van der Waals surface area contributed by atoms with Crippen LogP contribution in [0.1, 0.15) is 36.2 Å². The number of benzene rings is 1. The highest BCUT2D eigenvalue weighted by Gasteiger charge is 2.47. The summed E-state index contributed by atoms with van der Waals surface area (Å²) in [6.07, 6.45) is -3.19. The van der Waals surface area contributed by atoms with Crippen molar-refractivity contribution >= 4 is 34.9 Å². The number of nitrogen functional groups attached to an aromatic ring is 1. The van der Waals surface area contributed by atoms with Crippen molar-refractivity contribution in [3.05, 3.63) is 47.0 Å². The van der Waals surface area contributed by atoms with E-state index in [1.165, 1.54) is 18.2 Å². The number of aromatic nitrogens is 1. The van der Waals surface area contributed by atoms with Gasteiger partial charge in [0, 0.05) is 44.5 Å². The van der Waals surface area contributed by atoms with Gasteiger partial charge in [-0.1, -0.05) is 24.2 Å². The molecule has 41 heavy (non-hydrogen) atoms. The van der Waals surface area contributed by atoms with Crippen LogP contribution in [0.3, 0.4) is 0 Å². The van der Waals surface area contributed by atoms with Gasteiger partial charge in [-0.3, -0.25) is 9.59 Å². The number of alkyl halides is 3. The van der Waals surface area contributed by atoms with Gasteiger partial charge in [-0.2, -0.15) is 13.2 Å². The van der Waals surface area contributed by atoms with Gasteiger partial charge >= 0.3 is 6.18 Å². The van der Waals surface area contributed by atoms with E-state index in [2.05, 4.69) is 11.6 Å². The van der Waals surface area contributed by atoms with E-state index >= 15 is 0 Å². The van der Waals surface area contributed by atoms with Crippen LogP contribution >= 0.6 is 11.6 Å². The van der Waals surface area contributed by atoms with Crippen molar-refractivity contribution in [3.8, 4) is 17.0 Å². The minimum atomic E-state index is -4.75. The maximum absolute atomic E-state index is 14.2. The first-order valence-electron chi connectivity index (χ1n) is 13.2. The molecule has 2 N–H and O–H groups in total. The van der Waals surface area contributed by atoms with E-state index in [9.17, 15) is 22.8 Å². The van der Waals surface area contributed by atoms with Gasteiger partial charge in [-0.05, 0) is 38.5 Å². The maximum Gasteiger partial charge on any atom is 0.417 e. The first-order chi connectivity index (χ1) is 19.3. The van der Waals surface area contributed by atoms with E-state index in [1.807, 2.05) is 18.7 Å². The number of ether oxygens (including phenoxy) is 2. The Balaban J connectivity index is 1.74. The number of carbonyl (C=O) groups excluding carboxylic acids is 2.